The highest BCUT2D eigenvalue weighted by Gasteiger charge is 2.19. The summed E-state index contributed by atoms with van der Waals surface area (Å²) in [7, 11) is -3.78. The molecular weight excluding hydrogens is 276 g/mol. The van der Waals surface area contributed by atoms with Gasteiger partial charge in [-0.1, -0.05) is 18.2 Å². The minimum absolute atomic E-state index is 0.0406. The number of hydrogen-bond acceptors (Lipinski definition) is 3. The average Bonchev–Trinajstić information content (AvgIpc) is 2.40. The zero-order valence-corrected chi connectivity index (χ0v) is 12.1. The quantitative estimate of drug-likeness (QED) is 0.835. The molecule has 0 saturated carbocycles. The Balaban J connectivity index is 2.18. The Morgan fingerprint density at radius 1 is 1.35 bits per heavy atom. The first kappa shape index (κ1) is 14.7. The van der Waals surface area contributed by atoms with Gasteiger partial charge in [0.25, 0.3) is 0 Å². The van der Waals surface area contributed by atoms with E-state index in [9.17, 15) is 13.2 Å². The molecule has 6 heteroatoms. The summed E-state index contributed by atoms with van der Waals surface area (Å²) in [5.74, 6) is -0.141. The van der Waals surface area contributed by atoms with Crippen LogP contribution in [0.4, 0.5) is 5.69 Å². The van der Waals surface area contributed by atoms with Crippen molar-refractivity contribution in [2.45, 2.75) is 31.1 Å². The van der Waals surface area contributed by atoms with Gasteiger partial charge in [-0.3, -0.25) is 4.79 Å². The Hall–Kier alpha value is -1.66. The van der Waals surface area contributed by atoms with Gasteiger partial charge in [0, 0.05) is 11.6 Å². The van der Waals surface area contributed by atoms with Gasteiger partial charge in [0.2, 0.25) is 15.9 Å². The maximum atomic E-state index is 12.1. The summed E-state index contributed by atoms with van der Waals surface area (Å²) < 4.78 is 22.9. The number of benzene rings is 1. The number of rotatable bonds is 3. The van der Waals surface area contributed by atoms with Crippen LogP contribution in [0.1, 0.15) is 24.8 Å². The molecule has 1 aromatic rings. The summed E-state index contributed by atoms with van der Waals surface area (Å²) in [5.41, 5.74) is 1.02. The van der Waals surface area contributed by atoms with Crippen molar-refractivity contribution in [3.05, 3.63) is 35.9 Å². The van der Waals surface area contributed by atoms with Crippen LogP contribution in [-0.2, 0) is 14.8 Å². The molecule has 2 rings (SSSR count). The lowest BCUT2D eigenvalue weighted by Crippen LogP contribution is -2.23. The molecule has 0 aromatic heterocycles. The second-order valence-corrected chi connectivity index (χ2v) is 6.53. The van der Waals surface area contributed by atoms with Gasteiger partial charge in [0.1, 0.15) is 0 Å². The lowest BCUT2D eigenvalue weighted by molar-refractivity contribution is -0.120. The average molecular weight is 294 g/mol. The van der Waals surface area contributed by atoms with Crippen molar-refractivity contribution in [2.24, 2.45) is 11.1 Å². The number of aryl methyl sites for hydroxylation is 1. The second-order valence-electron chi connectivity index (χ2n) is 5.00. The largest absolute Gasteiger partial charge is 0.326 e. The molecule has 0 fully saturated rings. The molecule has 1 aliphatic rings. The van der Waals surface area contributed by atoms with Crippen LogP contribution in [0, 0.1) is 12.8 Å². The molecule has 0 spiro atoms. The zero-order chi connectivity index (χ0) is 14.8. The van der Waals surface area contributed by atoms with E-state index < -0.39 is 10.0 Å². The maximum Gasteiger partial charge on any atom is 0.238 e. The number of sulfonamides is 1. The Morgan fingerprint density at radius 3 is 2.70 bits per heavy atom. The van der Waals surface area contributed by atoms with Crippen molar-refractivity contribution < 1.29 is 13.2 Å². The second kappa shape index (κ2) is 5.76. The Morgan fingerprint density at radius 2 is 2.10 bits per heavy atom. The molecular formula is C14H18N2O3S. The van der Waals surface area contributed by atoms with Crippen LogP contribution in [0.15, 0.2) is 35.2 Å². The zero-order valence-electron chi connectivity index (χ0n) is 11.3. The highest BCUT2D eigenvalue weighted by Crippen LogP contribution is 2.22. The number of primary sulfonamides is 1. The fourth-order valence-corrected chi connectivity index (χ4v) is 3.07. The van der Waals surface area contributed by atoms with Gasteiger partial charge in [-0.15, -0.1) is 0 Å². The van der Waals surface area contributed by atoms with E-state index in [0.717, 1.165) is 19.3 Å². The van der Waals surface area contributed by atoms with Crippen molar-refractivity contribution in [1.82, 2.24) is 0 Å². The van der Waals surface area contributed by atoms with E-state index in [1.807, 2.05) is 6.08 Å². The highest BCUT2D eigenvalue weighted by molar-refractivity contribution is 7.89. The number of carbonyl (C=O) groups is 1. The fraction of sp³-hybridized carbons (Fsp3) is 0.357. The van der Waals surface area contributed by atoms with Crippen LogP contribution >= 0.6 is 0 Å². The van der Waals surface area contributed by atoms with E-state index >= 15 is 0 Å². The predicted octanol–water partition coefficient (Wildman–Crippen LogP) is 1.94. The summed E-state index contributed by atoms with van der Waals surface area (Å²) in [5, 5.41) is 7.91. The molecule has 108 valence electrons. The first-order chi connectivity index (χ1) is 9.38. The summed E-state index contributed by atoms with van der Waals surface area (Å²) in [6.45, 7) is 1.66. The van der Waals surface area contributed by atoms with E-state index in [0.29, 0.717) is 11.3 Å². The molecule has 0 saturated heterocycles. The molecule has 0 unspecified atom stereocenters. The lowest BCUT2D eigenvalue weighted by atomic mass is 9.93. The molecule has 20 heavy (non-hydrogen) atoms. The van der Waals surface area contributed by atoms with E-state index in [4.69, 9.17) is 5.14 Å². The summed E-state index contributed by atoms with van der Waals surface area (Å²) >= 11 is 0. The minimum Gasteiger partial charge on any atom is -0.326 e. The number of nitrogens with two attached hydrogens (primary N) is 1. The number of hydrogen-bond donors (Lipinski definition) is 2. The summed E-state index contributed by atoms with van der Waals surface area (Å²) in [4.78, 5) is 12.1. The first-order valence-corrected chi connectivity index (χ1v) is 8.02. The van der Waals surface area contributed by atoms with Crippen LogP contribution in [0.3, 0.4) is 0 Å². The third-order valence-corrected chi connectivity index (χ3v) is 4.45. The number of amides is 1. The van der Waals surface area contributed by atoms with Crippen LogP contribution in [-0.4, -0.2) is 14.3 Å². The third kappa shape index (κ3) is 3.46. The third-order valence-electron chi connectivity index (χ3n) is 3.40. The summed E-state index contributed by atoms with van der Waals surface area (Å²) in [6.07, 6.45) is 6.50. The number of anilines is 1. The SMILES string of the molecule is Cc1ccc(NC(=O)[C@H]2CC=CCC2)cc1S(N)(=O)=O. The molecule has 1 aromatic carbocycles. The van der Waals surface area contributed by atoms with Crippen molar-refractivity contribution in [2.75, 3.05) is 5.32 Å². The van der Waals surface area contributed by atoms with Crippen molar-refractivity contribution in [3.63, 3.8) is 0 Å². The van der Waals surface area contributed by atoms with E-state index in [1.54, 1.807) is 19.1 Å². The monoisotopic (exact) mass is 294 g/mol. The van der Waals surface area contributed by atoms with E-state index in [2.05, 4.69) is 11.4 Å². The van der Waals surface area contributed by atoms with Gasteiger partial charge in [-0.2, -0.15) is 0 Å². The smallest absolute Gasteiger partial charge is 0.238 e. The maximum absolute atomic E-state index is 12.1. The van der Waals surface area contributed by atoms with Crippen molar-refractivity contribution >= 4 is 21.6 Å². The molecule has 3 N–H and O–H groups in total. The molecule has 1 amide bonds. The van der Waals surface area contributed by atoms with Gasteiger partial charge in [0.05, 0.1) is 4.90 Å². The number of allylic oxidation sites excluding steroid dienone is 2. The van der Waals surface area contributed by atoms with Gasteiger partial charge in [-0.05, 0) is 43.9 Å². The Kier molecular flexibility index (Phi) is 4.25. The lowest BCUT2D eigenvalue weighted by Gasteiger charge is -2.17. The van der Waals surface area contributed by atoms with Gasteiger partial charge >= 0.3 is 0 Å². The first-order valence-electron chi connectivity index (χ1n) is 6.47. The molecule has 0 heterocycles. The van der Waals surface area contributed by atoms with Gasteiger partial charge < -0.3 is 5.32 Å². The molecule has 5 nitrogen and oxygen atoms in total. The fourth-order valence-electron chi connectivity index (χ4n) is 2.26. The minimum atomic E-state index is -3.78. The number of nitrogens with one attached hydrogen (secondary N) is 1. The van der Waals surface area contributed by atoms with Crippen LogP contribution in [0.5, 0.6) is 0 Å². The molecule has 1 aliphatic carbocycles. The normalized spacial score (nSPS) is 18.8. The van der Waals surface area contributed by atoms with Crippen LogP contribution in [0.25, 0.3) is 0 Å². The van der Waals surface area contributed by atoms with Gasteiger partial charge in [0.15, 0.2) is 0 Å². The number of carbonyl (C=O) groups excluding carboxylic acids is 1. The molecule has 0 radical (unpaired) electrons. The Bertz CT molecular complexity index is 650. The molecule has 0 bridgehead atoms. The predicted molar refractivity (Wildman–Crippen MR) is 77.7 cm³/mol. The topological polar surface area (TPSA) is 89.3 Å². The van der Waals surface area contributed by atoms with Crippen molar-refractivity contribution in [3.8, 4) is 0 Å². The molecule has 1 atom stereocenters. The van der Waals surface area contributed by atoms with Crippen molar-refractivity contribution in [1.29, 1.82) is 0 Å². The standard InChI is InChI=1S/C14H18N2O3S/c1-10-7-8-12(9-13(10)20(15,18)19)16-14(17)11-5-3-2-4-6-11/h2-3,7-9,11H,4-6H2,1H3,(H,16,17)(H2,15,18,19)/t11-/m0/s1. The summed E-state index contributed by atoms with van der Waals surface area (Å²) in [6, 6.07) is 4.72. The molecule has 0 aliphatic heterocycles. The van der Waals surface area contributed by atoms with Gasteiger partial charge in [-0.25, -0.2) is 13.6 Å². The van der Waals surface area contributed by atoms with Crippen LogP contribution < -0.4 is 10.5 Å². The highest BCUT2D eigenvalue weighted by atomic mass is 32.2. The van der Waals surface area contributed by atoms with E-state index in [-0.39, 0.29) is 16.7 Å². The van der Waals surface area contributed by atoms with Crippen LogP contribution in [0.2, 0.25) is 0 Å². The van der Waals surface area contributed by atoms with E-state index in [1.165, 1.54) is 6.07 Å². The Labute approximate surface area is 118 Å².